The Morgan fingerprint density at radius 3 is 2.66 bits per heavy atom. The number of allylic oxidation sites excluding steroid dienone is 2. The molecule has 0 spiro atoms. The number of carboxylic acids is 1. The number of benzene rings is 1. The Kier molecular flexibility index (Phi) is 8.51. The minimum atomic E-state index is -0.797. The highest BCUT2D eigenvalue weighted by Crippen LogP contribution is 2.34. The van der Waals surface area contributed by atoms with E-state index in [1.165, 1.54) is 18.2 Å². The molecule has 0 bridgehead atoms. The van der Waals surface area contributed by atoms with Gasteiger partial charge in [-0.3, -0.25) is 24.5 Å². The molecule has 29 heavy (non-hydrogen) atoms. The molecule has 156 valence electrons. The van der Waals surface area contributed by atoms with Crippen molar-refractivity contribution in [3.8, 4) is 0 Å². The van der Waals surface area contributed by atoms with Crippen LogP contribution in [0.25, 0.3) is 0 Å². The number of ketones is 2. The number of nitrogens with zero attached hydrogens (tertiary/aromatic N) is 1. The lowest BCUT2D eigenvalue weighted by atomic mass is 9.89. The van der Waals surface area contributed by atoms with Crippen LogP contribution < -0.4 is 0 Å². The number of hydrogen-bond acceptors (Lipinski definition) is 5. The van der Waals surface area contributed by atoms with Gasteiger partial charge >= 0.3 is 5.97 Å². The van der Waals surface area contributed by atoms with Gasteiger partial charge in [-0.05, 0) is 37.3 Å². The third-order valence-corrected chi connectivity index (χ3v) is 5.56. The number of aliphatic carboxylic acids is 1. The summed E-state index contributed by atoms with van der Waals surface area (Å²) < 4.78 is 0. The van der Waals surface area contributed by atoms with Crippen molar-refractivity contribution in [3.05, 3.63) is 51.1 Å². The van der Waals surface area contributed by atoms with Crippen molar-refractivity contribution in [3.63, 3.8) is 0 Å². The topological polar surface area (TPSA) is 115 Å². The summed E-state index contributed by atoms with van der Waals surface area (Å²) in [6.07, 6.45) is 8.27. The largest absolute Gasteiger partial charge is 0.481 e. The van der Waals surface area contributed by atoms with Crippen molar-refractivity contribution in [1.82, 2.24) is 0 Å². The van der Waals surface area contributed by atoms with Crippen molar-refractivity contribution >= 4 is 34.8 Å². The Balaban J connectivity index is 1.93. The van der Waals surface area contributed by atoms with Crippen LogP contribution in [0.5, 0.6) is 0 Å². The van der Waals surface area contributed by atoms with E-state index in [-0.39, 0.29) is 40.3 Å². The summed E-state index contributed by atoms with van der Waals surface area (Å²) in [5.41, 5.74) is -0.139. The first-order chi connectivity index (χ1) is 13.8. The Bertz CT molecular complexity index is 819. The van der Waals surface area contributed by atoms with Gasteiger partial charge in [0.25, 0.3) is 5.69 Å². The fraction of sp³-hybridized carbons (Fsp3) is 0.476. The molecule has 0 aromatic heterocycles. The first-order valence-electron chi connectivity index (χ1n) is 9.70. The molecule has 1 saturated carbocycles. The van der Waals surface area contributed by atoms with Crippen molar-refractivity contribution in [2.24, 2.45) is 11.8 Å². The Hall–Kier alpha value is -2.54. The Labute approximate surface area is 173 Å². The van der Waals surface area contributed by atoms with Gasteiger partial charge in [-0.25, -0.2) is 0 Å². The SMILES string of the molecule is O=C(O)CCCCCCC1C(=O)CCC1C=CC(=O)c1cc([N+](=O)[O-])ccc1Cl. The minimum absolute atomic E-state index is 0.0389. The predicted octanol–water partition coefficient (Wildman–Crippen LogP) is 5.01. The lowest BCUT2D eigenvalue weighted by Gasteiger charge is -2.14. The maximum atomic E-state index is 12.4. The van der Waals surface area contributed by atoms with Crippen LogP contribution in [-0.4, -0.2) is 27.6 Å². The highest BCUT2D eigenvalue weighted by Gasteiger charge is 2.32. The maximum absolute atomic E-state index is 12.4. The molecule has 2 atom stereocenters. The molecule has 1 aromatic rings. The first-order valence-corrected chi connectivity index (χ1v) is 10.1. The molecule has 1 aliphatic rings. The van der Waals surface area contributed by atoms with Crippen molar-refractivity contribution in [1.29, 1.82) is 0 Å². The zero-order valence-corrected chi connectivity index (χ0v) is 16.8. The average Bonchev–Trinajstić information content (AvgIpc) is 3.02. The van der Waals surface area contributed by atoms with Gasteiger partial charge in [-0.2, -0.15) is 0 Å². The summed E-state index contributed by atoms with van der Waals surface area (Å²) in [5, 5.41) is 19.7. The number of hydrogen-bond donors (Lipinski definition) is 1. The number of carboxylic acid groups (broad SMARTS) is 1. The van der Waals surface area contributed by atoms with Crippen LogP contribution in [0.1, 0.15) is 61.7 Å². The minimum Gasteiger partial charge on any atom is -0.481 e. The summed E-state index contributed by atoms with van der Waals surface area (Å²) in [6, 6.07) is 3.72. The normalized spacial score (nSPS) is 19.0. The van der Waals surface area contributed by atoms with Crippen molar-refractivity contribution in [2.45, 2.75) is 51.4 Å². The molecule has 0 amide bonds. The predicted molar refractivity (Wildman–Crippen MR) is 108 cm³/mol. The van der Waals surface area contributed by atoms with Crippen LogP contribution in [-0.2, 0) is 9.59 Å². The highest BCUT2D eigenvalue weighted by atomic mass is 35.5. The molecular weight excluding hydrogens is 398 g/mol. The third-order valence-electron chi connectivity index (χ3n) is 5.23. The van der Waals surface area contributed by atoms with E-state index in [0.717, 1.165) is 25.3 Å². The quantitative estimate of drug-likeness (QED) is 0.176. The number of nitro groups is 1. The van der Waals surface area contributed by atoms with Crippen molar-refractivity contribution in [2.75, 3.05) is 0 Å². The van der Waals surface area contributed by atoms with Gasteiger partial charge in [-0.15, -0.1) is 0 Å². The van der Waals surface area contributed by atoms with E-state index in [0.29, 0.717) is 25.7 Å². The van der Waals surface area contributed by atoms with Gasteiger partial charge in [0, 0.05) is 36.5 Å². The Morgan fingerprint density at radius 2 is 1.97 bits per heavy atom. The standard InChI is InChI=1S/C21H24ClNO6/c22-18-10-9-15(23(28)29)13-17(18)20(25)12-8-14-7-11-19(24)16(14)5-3-1-2-4-6-21(26)27/h8-10,12-14,16H,1-7,11H2,(H,26,27). The molecule has 1 aromatic carbocycles. The van der Waals surface area contributed by atoms with Crippen LogP contribution >= 0.6 is 11.6 Å². The number of rotatable bonds is 11. The molecule has 1 fully saturated rings. The van der Waals surface area contributed by atoms with E-state index in [2.05, 4.69) is 0 Å². The molecule has 8 heteroatoms. The summed E-state index contributed by atoms with van der Waals surface area (Å²) in [5.74, 6) is -1.21. The molecule has 2 unspecified atom stereocenters. The lowest BCUT2D eigenvalue weighted by Crippen LogP contribution is -2.13. The van der Waals surface area contributed by atoms with E-state index in [4.69, 9.17) is 16.7 Å². The molecule has 0 radical (unpaired) electrons. The summed E-state index contributed by atoms with van der Waals surface area (Å²) in [6.45, 7) is 0. The second-order valence-electron chi connectivity index (χ2n) is 7.27. The number of carbonyl (C=O) groups is 3. The van der Waals surface area contributed by atoms with Crippen LogP contribution in [0.15, 0.2) is 30.4 Å². The zero-order valence-electron chi connectivity index (χ0n) is 16.0. The van der Waals surface area contributed by atoms with E-state index < -0.39 is 16.7 Å². The van der Waals surface area contributed by atoms with Gasteiger partial charge in [0.2, 0.25) is 0 Å². The first kappa shape index (κ1) is 22.7. The third kappa shape index (κ3) is 6.78. The fourth-order valence-corrected chi connectivity index (χ4v) is 3.86. The number of carbonyl (C=O) groups excluding carboxylic acids is 2. The highest BCUT2D eigenvalue weighted by molar-refractivity contribution is 6.34. The molecule has 1 N–H and O–H groups in total. The fourth-order valence-electron chi connectivity index (χ4n) is 3.65. The average molecular weight is 422 g/mol. The van der Waals surface area contributed by atoms with Gasteiger partial charge in [-0.1, -0.05) is 36.9 Å². The summed E-state index contributed by atoms with van der Waals surface area (Å²) in [4.78, 5) is 45.5. The molecule has 0 aliphatic heterocycles. The molecular formula is C21H24ClNO6. The zero-order chi connectivity index (χ0) is 21.4. The van der Waals surface area contributed by atoms with Crippen LogP contribution in [0.4, 0.5) is 5.69 Å². The Morgan fingerprint density at radius 1 is 1.24 bits per heavy atom. The van der Waals surface area contributed by atoms with E-state index in [1.807, 2.05) is 0 Å². The maximum Gasteiger partial charge on any atom is 0.303 e. The van der Waals surface area contributed by atoms with E-state index >= 15 is 0 Å². The monoisotopic (exact) mass is 421 g/mol. The molecule has 1 aliphatic carbocycles. The van der Waals surface area contributed by atoms with Crippen LogP contribution in [0.2, 0.25) is 5.02 Å². The summed E-state index contributed by atoms with van der Waals surface area (Å²) >= 11 is 6.00. The van der Waals surface area contributed by atoms with Crippen LogP contribution in [0, 0.1) is 22.0 Å². The molecule has 2 rings (SSSR count). The number of nitro benzene ring substituents is 1. The molecule has 0 saturated heterocycles. The number of unbranched alkanes of at least 4 members (excludes halogenated alkanes) is 3. The lowest BCUT2D eigenvalue weighted by molar-refractivity contribution is -0.384. The van der Waals surface area contributed by atoms with Gasteiger partial charge in [0.15, 0.2) is 5.78 Å². The van der Waals surface area contributed by atoms with E-state index in [9.17, 15) is 24.5 Å². The second kappa shape index (κ2) is 10.9. The second-order valence-corrected chi connectivity index (χ2v) is 7.67. The van der Waals surface area contributed by atoms with Crippen LogP contribution in [0.3, 0.4) is 0 Å². The van der Waals surface area contributed by atoms with E-state index in [1.54, 1.807) is 6.08 Å². The number of non-ortho nitro benzene ring substituents is 1. The number of Topliss-reactive ketones (excluding diaryl/α,β-unsaturated/α-hetero) is 1. The molecule has 7 nitrogen and oxygen atoms in total. The van der Waals surface area contributed by atoms with Gasteiger partial charge < -0.3 is 5.11 Å². The van der Waals surface area contributed by atoms with Gasteiger partial charge in [0.1, 0.15) is 5.78 Å². The smallest absolute Gasteiger partial charge is 0.303 e. The molecule has 0 heterocycles. The van der Waals surface area contributed by atoms with Gasteiger partial charge in [0.05, 0.1) is 9.95 Å². The number of halogens is 1. The summed E-state index contributed by atoms with van der Waals surface area (Å²) in [7, 11) is 0. The van der Waals surface area contributed by atoms with Crippen molar-refractivity contribution < 1.29 is 24.4 Å².